The Balaban J connectivity index is 2.13. The fraction of sp³-hybridized carbons (Fsp3) is 0.167. The zero-order valence-corrected chi connectivity index (χ0v) is 13.2. The van der Waals surface area contributed by atoms with Crippen LogP contribution in [0.2, 0.25) is 0 Å². The van der Waals surface area contributed by atoms with Gasteiger partial charge in [0, 0.05) is 13.8 Å². The molecule has 122 valence electrons. The van der Waals surface area contributed by atoms with Gasteiger partial charge in [-0.3, -0.25) is 14.5 Å². The van der Waals surface area contributed by atoms with Crippen molar-refractivity contribution < 1.29 is 23.9 Å². The molecule has 0 saturated heterocycles. The summed E-state index contributed by atoms with van der Waals surface area (Å²) in [6.45, 7) is 2.67. The van der Waals surface area contributed by atoms with Crippen molar-refractivity contribution in [1.82, 2.24) is 0 Å². The number of anilines is 1. The smallest absolute Gasteiger partial charge is 0.342 e. The molecular formula is C18H15NO5. The van der Waals surface area contributed by atoms with Gasteiger partial charge >= 0.3 is 11.9 Å². The molecule has 1 aliphatic rings. The van der Waals surface area contributed by atoms with Crippen LogP contribution in [0.25, 0.3) is 0 Å². The fourth-order valence-electron chi connectivity index (χ4n) is 2.67. The van der Waals surface area contributed by atoms with Gasteiger partial charge in [0.15, 0.2) is 0 Å². The van der Waals surface area contributed by atoms with Crippen LogP contribution >= 0.6 is 0 Å². The average molecular weight is 325 g/mol. The molecule has 0 bridgehead atoms. The summed E-state index contributed by atoms with van der Waals surface area (Å²) < 4.78 is 10.7. The van der Waals surface area contributed by atoms with E-state index in [1.165, 1.54) is 18.7 Å². The highest BCUT2D eigenvalue weighted by molar-refractivity contribution is 6.04. The number of para-hydroxylation sites is 2. The minimum Gasteiger partial charge on any atom is -0.433 e. The fourth-order valence-corrected chi connectivity index (χ4v) is 2.67. The van der Waals surface area contributed by atoms with Crippen LogP contribution < -0.4 is 9.64 Å². The summed E-state index contributed by atoms with van der Waals surface area (Å²) >= 11 is 0. The second kappa shape index (κ2) is 6.16. The molecule has 1 heterocycles. The number of hydrogen-bond donors (Lipinski definition) is 0. The molecule has 2 aromatic carbocycles. The first kappa shape index (κ1) is 15.7. The number of rotatable bonds is 2. The van der Waals surface area contributed by atoms with Crippen LogP contribution in [0.1, 0.15) is 36.0 Å². The molecule has 0 fully saturated rings. The van der Waals surface area contributed by atoms with Gasteiger partial charge in [0.05, 0.1) is 16.8 Å². The number of nitrogens with zero attached hydrogens (tertiary/aromatic N) is 1. The summed E-state index contributed by atoms with van der Waals surface area (Å²) in [6, 6.07) is 13.4. The third kappa shape index (κ3) is 2.74. The van der Waals surface area contributed by atoms with Gasteiger partial charge in [0.2, 0.25) is 12.1 Å². The summed E-state index contributed by atoms with van der Waals surface area (Å²) in [5, 5.41) is 0. The van der Waals surface area contributed by atoms with Crippen LogP contribution in [-0.2, 0) is 14.3 Å². The molecule has 0 aliphatic carbocycles. The second-order valence-electron chi connectivity index (χ2n) is 5.30. The maximum atomic E-state index is 12.3. The van der Waals surface area contributed by atoms with Crippen molar-refractivity contribution in [1.29, 1.82) is 0 Å². The predicted octanol–water partition coefficient (Wildman–Crippen LogP) is 2.83. The van der Waals surface area contributed by atoms with Crippen LogP contribution in [0.15, 0.2) is 48.5 Å². The Hall–Kier alpha value is -3.15. The zero-order valence-electron chi connectivity index (χ0n) is 13.2. The lowest BCUT2D eigenvalue weighted by Crippen LogP contribution is -2.40. The Morgan fingerprint density at radius 2 is 1.71 bits per heavy atom. The molecule has 24 heavy (non-hydrogen) atoms. The maximum absolute atomic E-state index is 12.3. The first-order valence-corrected chi connectivity index (χ1v) is 7.36. The highest BCUT2D eigenvalue weighted by Gasteiger charge is 2.37. The van der Waals surface area contributed by atoms with Crippen molar-refractivity contribution in [3.05, 3.63) is 59.7 Å². The molecule has 1 amide bonds. The standard InChI is InChI=1S/C18H15NO5/c1-11(20)19-15-9-5-3-7-13(15)18(22)24-17(19)14-8-4-6-10-16(14)23-12(2)21/h3-10,17H,1-2H3/t17-/m1/s1. The van der Waals surface area contributed by atoms with E-state index in [-0.39, 0.29) is 11.7 Å². The van der Waals surface area contributed by atoms with E-state index in [9.17, 15) is 14.4 Å². The first-order valence-electron chi connectivity index (χ1n) is 7.36. The van der Waals surface area contributed by atoms with E-state index in [1.54, 1.807) is 48.5 Å². The van der Waals surface area contributed by atoms with E-state index in [0.29, 0.717) is 16.8 Å². The quantitative estimate of drug-likeness (QED) is 0.627. The molecule has 1 aliphatic heterocycles. The van der Waals surface area contributed by atoms with Crippen molar-refractivity contribution in [2.24, 2.45) is 0 Å². The largest absolute Gasteiger partial charge is 0.433 e. The van der Waals surface area contributed by atoms with E-state index in [4.69, 9.17) is 9.47 Å². The number of hydrogen-bond acceptors (Lipinski definition) is 5. The lowest BCUT2D eigenvalue weighted by molar-refractivity contribution is -0.132. The van der Waals surface area contributed by atoms with Gasteiger partial charge in [-0.25, -0.2) is 4.79 Å². The van der Waals surface area contributed by atoms with E-state index in [1.807, 2.05) is 0 Å². The number of amides is 1. The number of cyclic esters (lactones) is 1. The third-order valence-electron chi connectivity index (χ3n) is 3.61. The van der Waals surface area contributed by atoms with Gasteiger partial charge in [-0.05, 0) is 24.3 Å². The summed E-state index contributed by atoms with van der Waals surface area (Å²) in [5.41, 5.74) is 1.20. The minimum atomic E-state index is -1.000. The molecular weight excluding hydrogens is 310 g/mol. The van der Waals surface area contributed by atoms with Gasteiger partial charge in [0.25, 0.3) is 0 Å². The number of carbonyl (C=O) groups is 3. The summed E-state index contributed by atoms with van der Waals surface area (Å²) in [4.78, 5) is 37.2. The molecule has 2 aromatic rings. The van der Waals surface area contributed by atoms with Gasteiger partial charge in [-0.15, -0.1) is 0 Å². The topological polar surface area (TPSA) is 72.9 Å². The zero-order chi connectivity index (χ0) is 17.3. The Bertz CT molecular complexity index is 830. The summed E-state index contributed by atoms with van der Waals surface area (Å²) in [5.74, 6) is -1.09. The Kier molecular flexibility index (Phi) is 4.04. The minimum absolute atomic E-state index is 0.244. The second-order valence-corrected chi connectivity index (χ2v) is 5.30. The van der Waals surface area contributed by atoms with Gasteiger partial charge < -0.3 is 9.47 Å². The Labute approximate surface area is 138 Å². The van der Waals surface area contributed by atoms with Crippen molar-refractivity contribution in [3.8, 4) is 5.75 Å². The molecule has 0 spiro atoms. The van der Waals surface area contributed by atoms with Crippen molar-refractivity contribution in [2.75, 3.05) is 4.90 Å². The molecule has 0 radical (unpaired) electrons. The van der Waals surface area contributed by atoms with E-state index in [0.717, 1.165) is 0 Å². The molecule has 6 heteroatoms. The van der Waals surface area contributed by atoms with Crippen LogP contribution in [0.4, 0.5) is 5.69 Å². The van der Waals surface area contributed by atoms with Crippen LogP contribution in [0.5, 0.6) is 5.75 Å². The van der Waals surface area contributed by atoms with Crippen LogP contribution in [0, 0.1) is 0 Å². The van der Waals surface area contributed by atoms with Gasteiger partial charge in [0.1, 0.15) is 5.75 Å². The highest BCUT2D eigenvalue weighted by atomic mass is 16.6. The van der Waals surface area contributed by atoms with E-state index in [2.05, 4.69) is 0 Å². The average Bonchev–Trinajstić information content (AvgIpc) is 2.54. The predicted molar refractivity (Wildman–Crippen MR) is 85.5 cm³/mol. The molecule has 0 aromatic heterocycles. The lowest BCUT2D eigenvalue weighted by Gasteiger charge is -2.36. The van der Waals surface area contributed by atoms with Gasteiger partial charge in [-0.1, -0.05) is 24.3 Å². The number of benzene rings is 2. The summed E-state index contributed by atoms with van der Waals surface area (Å²) in [7, 11) is 0. The SMILES string of the molecule is CC(=O)Oc1ccccc1[C@H]1OC(=O)c2ccccc2N1C(C)=O. The van der Waals surface area contributed by atoms with Crippen molar-refractivity contribution in [2.45, 2.75) is 20.1 Å². The van der Waals surface area contributed by atoms with E-state index >= 15 is 0 Å². The number of esters is 2. The molecule has 0 N–H and O–H groups in total. The highest BCUT2D eigenvalue weighted by Crippen LogP contribution is 2.39. The monoisotopic (exact) mass is 325 g/mol. The molecule has 6 nitrogen and oxygen atoms in total. The Morgan fingerprint density at radius 1 is 1.04 bits per heavy atom. The summed E-state index contributed by atoms with van der Waals surface area (Å²) in [6.07, 6.45) is -1.000. The van der Waals surface area contributed by atoms with Crippen LogP contribution in [-0.4, -0.2) is 17.8 Å². The normalized spacial score (nSPS) is 16.2. The Morgan fingerprint density at radius 3 is 2.42 bits per heavy atom. The molecule has 0 unspecified atom stereocenters. The maximum Gasteiger partial charge on any atom is 0.342 e. The molecule has 0 saturated carbocycles. The van der Waals surface area contributed by atoms with Crippen molar-refractivity contribution >= 4 is 23.5 Å². The third-order valence-corrected chi connectivity index (χ3v) is 3.61. The van der Waals surface area contributed by atoms with E-state index < -0.39 is 18.2 Å². The molecule has 1 atom stereocenters. The lowest BCUT2D eigenvalue weighted by atomic mass is 10.1. The number of carbonyl (C=O) groups excluding carboxylic acids is 3. The first-order chi connectivity index (χ1) is 11.5. The molecule has 3 rings (SSSR count). The van der Waals surface area contributed by atoms with Gasteiger partial charge in [-0.2, -0.15) is 0 Å². The van der Waals surface area contributed by atoms with Crippen LogP contribution in [0.3, 0.4) is 0 Å². The number of ether oxygens (including phenoxy) is 2. The van der Waals surface area contributed by atoms with Crippen molar-refractivity contribution in [3.63, 3.8) is 0 Å². The number of fused-ring (bicyclic) bond motifs is 1.